The molecule has 4 atom stereocenters. The first-order valence-corrected chi connectivity index (χ1v) is 16.5. The number of benzene rings is 2. The number of methoxy groups -OCH3 is 1. The zero-order chi connectivity index (χ0) is 31.8. The SMILES string of the molecule is COC(=O)N[C@H](C(=O)N1CCC[C@H]1c1nc2ccc(-c3ccc(B4OC(C)(C)C(C)(C)O4)c4c3C3CCC3C4)cc2[nH]1)C(C)C. The van der Waals surface area contributed by atoms with Crippen LogP contribution in [0, 0.1) is 11.8 Å². The minimum absolute atomic E-state index is 0.0794. The summed E-state index contributed by atoms with van der Waals surface area (Å²) >= 11 is 0. The third kappa shape index (κ3) is 4.96. The lowest BCUT2D eigenvalue weighted by Gasteiger charge is -2.32. The van der Waals surface area contributed by atoms with Crippen LogP contribution in [0.4, 0.5) is 4.79 Å². The Morgan fingerprint density at radius 3 is 2.51 bits per heavy atom. The molecule has 7 rings (SSSR count). The maximum absolute atomic E-state index is 13.6. The molecule has 2 saturated heterocycles. The van der Waals surface area contributed by atoms with Gasteiger partial charge in [-0.15, -0.1) is 0 Å². The highest BCUT2D eigenvalue weighted by Crippen LogP contribution is 2.54. The summed E-state index contributed by atoms with van der Waals surface area (Å²) in [6, 6.07) is 10.1. The number of fused-ring (bicyclic) bond motifs is 4. The number of H-pyrrole nitrogens is 1. The average molecular weight is 613 g/mol. The summed E-state index contributed by atoms with van der Waals surface area (Å²) in [4.78, 5) is 36.0. The van der Waals surface area contributed by atoms with Crippen LogP contribution in [0.1, 0.15) is 96.1 Å². The Balaban J connectivity index is 1.20. The number of rotatable bonds is 6. The van der Waals surface area contributed by atoms with E-state index in [9.17, 15) is 9.59 Å². The summed E-state index contributed by atoms with van der Waals surface area (Å²) in [7, 11) is 0.953. The summed E-state index contributed by atoms with van der Waals surface area (Å²) < 4.78 is 17.8. The van der Waals surface area contributed by atoms with E-state index in [1.165, 1.54) is 47.7 Å². The second-order valence-corrected chi connectivity index (χ2v) is 14.7. The van der Waals surface area contributed by atoms with Gasteiger partial charge in [0.1, 0.15) is 11.9 Å². The molecule has 2 aliphatic carbocycles. The van der Waals surface area contributed by atoms with Gasteiger partial charge in [-0.05, 0) is 117 Å². The largest absolute Gasteiger partial charge is 0.495 e. The van der Waals surface area contributed by atoms with Gasteiger partial charge < -0.3 is 29.2 Å². The van der Waals surface area contributed by atoms with Gasteiger partial charge in [0.25, 0.3) is 0 Å². The molecule has 0 bridgehead atoms. The van der Waals surface area contributed by atoms with Gasteiger partial charge in [0.15, 0.2) is 0 Å². The van der Waals surface area contributed by atoms with Crippen LogP contribution in [0.5, 0.6) is 0 Å². The molecule has 3 fully saturated rings. The maximum atomic E-state index is 13.6. The van der Waals surface area contributed by atoms with Crippen molar-refractivity contribution < 1.29 is 23.6 Å². The topological polar surface area (TPSA) is 106 Å². The van der Waals surface area contributed by atoms with E-state index in [4.69, 9.17) is 19.0 Å². The Bertz CT molecular complexity index is 1650. The minimum atomic E-state index is -0.661. The molecule has 9 nitrogen and oxygen atoms in total. The smallest absolute Gasteiger partial charge is 0.453 e. The molecule has 1 aromatic heterocycles. The van der Waals surface area contributed by atoms with Gasteiger partial charge in [0.05, 0.1) is 35.4 Å². The molecule has 2 amide bonds. The van der Waals surface area contributed by atoms with Crippen molar-refractivity contribution in [3.63, 3.8) is 0 Å². The third-order valence-corrected chi connectivity index (χ3v) is 11.2. The number of aromatic nitrogens is 2. The fourth-order valence-corrected chi connectivity index (χ4v) is 7.78. The summed E-state index contributed by atoms with van der Waals surface area (Å²) in [6.07, 6.45) is 4.68. The Morgan fingerprint density at radius 2 is 1.84 bits per heavy atom. The van der Waals surface area contributed by atoms with Crippen LogP contribution in [0.25, 0.3) is 22.2 Å². The van der Waals surface area contributed by atoms with Crippen LogP contribution in [0.15, 0.2) is 30.3 Å². The Labute approximate surface area is 265 Å². The Kier molecular flexibility index (Phi) is 7.32. The summed E-state index contributed by atoms with van der Waals surface area (Å²) in [5.74, 6) is 1.87. The summed E-state index contributed by atoms with van der Waals surface area (Å²) in [5, 5.41) is 2.73. The molecular weight excluding hydrogens is 567 g/mol. The van der Waals surface area contributed by atoms with E-state index in [-0.39, 0.29) is 36.2 Å². The quantitative estimate of drug-likeness (QED) is 0.350. The predicted octanol–water partition coefficient (Wildman–Crippen LogP) is 5.62. The van der Waals surface area contributed by atoms with E-state index in [0.717, 1.165) is 36.1 Å². The molecule has 4 aliphatic rings. The zero-order valence-corrected chi connectivity index (χ0v) is 27.5. The number of amides is 2. The highest BCUT2D eigenvalue weighted by Gasteiger charge is 2.53. The molecule has 3 aromatic rings. The number of likely N-dealkylation sites (tertiary alicyclic amines) is 1. The van der Waals surface area contributed by atoms with Gasteiger partial charge in [-0.2, -0.15) is 0 Å². The van der Waals surface area contributed by atoms with Gasteiger partial charge in [-0.3, -0.25) is 4.79 Å². The van der Waals surface area contributed by atoms with Crippen molar-refractivity contribution in [3.05, 3.63) is 47.3 Å². The third-order valence-electron chi connectivity index (χ3n) is 11.2. The Morgan fingerprint density at radius 1 is 1.09 bits per heavy atom. The van der Waals surface area contributed by atoms with Gasteiger partial charge in [-0.1, -0.05) is 32.0 Å². The second kappa shape index (κ2) is 10.9. The van der Waals surface area contributed by atoms with Gasteiger partial charge in [0.2, 0.25) is 5.91 Å². The summed E-state index contributed by atoms with van der Waals surface area (Å²) in [5.41, 5.74) is 7.58. The summed E-state index contributed by atoms with van der Waals surface area (Å²) in [6.45, 7) is 12.9. The highest BCUT2D eigenvalue weighted by atomic mass is 16.7. The molecule has 0 spiro atoms. The lowest BCUT2D eigenvalue weighted by atomic mass is 9.72. The number of nitrogens with zero attached hydrogens (tertiary/aromatic N) is 2. The van der Waals surface area contributed by atoms with Crippen LogP contribution < -0.4 is 10.8 Å². The van der Waals surface area contributed by atoms with Crippen molar-refractivity contribution in [2.75, 3.05) is 13.7 Å². The van der Waals surface area contributed by atoms with Gasteiger partial charge in [-0.25, -0.2) is 9.78 Å². The van der Waals surface area contributed by atoms with Crippen molar-refractivity contribution in [2.24, 2.45) is 11.8 Å². The van der Waals surface area contributed by atoms with Gasteiger partial charge >= 0.3 is 13.2 Å². The standard InChI is InChI=1S/C35H45BN4O5/c1-19(2)30(39-33(42)43-7)32(41)40-16-8-9-28(40)31-37-26-15-11-21(18-27(26)38-31)23-13-14-25(24-17-20-10-12-22(20)29(23)24)36-44-34(3,4)35(5,6)45-36/h11,13-15,18-20,22,28,30H,8-10,12,16-17H2,1-7H3,(H,37,38)(H,39,42)/t20?,22?,28-,30-/m0/s1. The van der Waals surface area contributed by atoms with E-state index in [1.807, 2.05) is 18.7 Å². The fraction of sp³-hybridized carbons (Fsp3) is 0.571. The van der Waals surface area contributed by atoms with Crippen molar-refractivity contribution in [3.8, 4) is 11.1 Å². The van der Waals surface area contributed by atoms with Crippen LogP contribution in [0.2, 0.25) is 0 Å². The number of hydrogen-bond donors (Lipinski definition) is 2. The predicted molar refractivity (Wildman–Crippen MR) is 174 cm³/mol. The molecular formula is C35H45BN4O5. The van der Waals surface area contributed by atoms with Gasteiger partial charge in [0, 0.05) is 6.54 Å². The number of imidazole rings is 1. The molecule has 2 unspecified atom stereocenters. The molecule has 2 aliphatic heterocycles. The first kappa shape index (κ1) is 30.3. The van der Waals surface area contributed by atoms with Crippen LogP contribution >= 0.6 is 0 Å². The van der Waals surface area contributed by atoms with Crippen LogP contribution in [-0.2, 0) is 25.3 Å². The number of carbonyl (C=O) groups is 2. The number of ether oxygens (including phenoxy) is 1. The molecule has 238 valence electrons. The van der Waals surface area contributed by atoms with Crippen molar-refractivity contribution in [1.29, 1.82) is 0 Å². The number of carbonyl (C=O) groups excluding carboxylic acids is 2. The first-order valence-electron chi connectivity index (χ1n) is 16.5. The van der Waals surface area contributed by atoms with Crippen LogP contribution in [0.3, 0.4) is 0 Å². The average Bonchev–Trinajstić information content (AvgIpc) is 3.73. The lowest BCUT2D eigenvalue weighted by molar-refractivity contribution is -0.135. The second-order valence-electron chi connectivity index (χ2n) is 14.7. The van der Waals surface area contributed by atoms with Crippen molar-refractivity contribution >= 4 is 35.6 Å². The monoisotopic (exact) mass is 612 g/mol. The van der Waals surface area contributed by atoms with E-state index in [2.05, 4.69) is 68.3 Å². The molecule has 45 heavy (non-hydrogen) atoms. The fourth-order valence-electron chi connectivity index (χ4n) is 7.78. The molecule has 10 heteroatoms. The first-order chi connectivity index (χ1) is 21.4. The molecule has 0 radical (unpaired) electrons. The number of nitrogens with one attached hydrogen (secondary N) is 2. The molecule has 3 heterocycles. The van der Waals surface area contributed by atoms with E-state index in [0.29, 0.717) is 18.4 Å². The van der Waals surface area contributed by atoms with E-state index in [1.54, 1.807) is 0 Å². The molecule has 2 aromatic carbocycles. The number of alkyl carbamates (subject to hydrolysis) is 1. The molecule has 2 N–H and O–H groups in total. The Hall–Kier alpha value is -3.37. The highest BCUT2D eigenvalue weighted by molar-refractivity contribution is 6.62. The van der Waals surface area contributed by atoms with Crippen LogP contribution in [-0.4, -0.2) is 64.9 Å². The normalized spacial score (nSPS) is 25.3. The zero-order valence-electron chi connectivity index (χ0n) is 27.5. The van der Waals surface area contributed by atoms with Crippen molar-refractivity contribution in [1.82, 2.24) is 20.2 Å². The molecule has 1 saturated carbocycles. The number of aromatic amines is 1. The van der Waals surface area contributed by atoms with E-state index >= 15 is 0 Å². The maximum Gasteiger partial charge on any atom is 0.495 e. The van der Waals surface area contributed by atoms with Crippen molar-refractivity contribution in [2.45, 2.75) is 103 Å². The lowest BCUT2D eigenvalue weighted by Crippen LogP contribution is -2.51. The minimum Gasteiger partial charge on any atom is -0.453 e. The number of hydrogen-bond acceptors (Lipinski definition) is 6. The van der Waals surface area contributed by atoms with E-state index < -0.39 is 12.1 Å².